The number of carbonyl (C=O) groups is 1. The van der Waals surface area contributed by atoms with Gasteiger partial charge < -0.3 is 10.6 Å². The van der Waals surface area contributed by atoms with Crippen LogP contribution in [-0.2, 0) is 14.8 Å². The quantitative estimate of drug-likeness (QED) is 0.691. The molecule has 2 aromatic rings. The van der Waals surface area contributed by atoms with Crippen LogP contribution in [0.3, 0.4) is 0 Å². The van der Waals surface area contributed by atoms with Crippen molar-refractivity contribution in [2.45, 2.75) is 44.0 Å². The Balaban J connectivity index is 1.97. The molecule has 0 aliphatic rings. The molecule has 0 aliphatic carbocycles. The van der Waals surface area contributed by atoms with Crippen molar-refractivity contribution in [3.05, 3.63) is 54.1 Å². The fraction of sp³-hybridized carbons (Fsp3) is 0.316. The van der Waals surface area contributed by atoms with Gasteiger partial charge in [0.25, 0.3) is 0 Å². The van der Waals surface area contributed by atoms with Crippen LogP contribution in [0.1, 0.15) is 38.7 Å². The van der Waals surface area contributed by atoms with E-state index in [4.69, 9.17) is 5.14 Å². The van der Waals surface area contributed by atoms with Gasteiger partial charge >= 0.3 is 0 Å². The Hall–Kier alpha value is -2.38. The average molecular weight is 375 g/mol. The summed E-state index contributed by atoms with van der Waals surface area (Å²) in [7, 11) is -3.74. The molecule has 1 amide bonds. The van der Waals surface area contributed by atoms with E-state index in [-0.39, 0.29) is 10.8 Å². The van der Waals surface area contributed by atoms with Crippen molar-refractivity contribution in [3.8, 4) is 0 Å². The Labute approximate surface area is 154 Å². The SMILES string of the molecule is CC[C@H](C)c1ccc(N[C@H](C)C(=O)Nc2ccc(S(N)(=O)=O)cc2)cc1. The summed E-state index contributed by atoms with van der Waals surface area (Å²) >= 11 is 0. The van der Waals surface area contributed by atoms with E-state index in [0.717, 1.165) is 12.1 Å². The van der Waals surface area contributed by atoms with Crippen LogP contribution in [0.25, 0.3) is 0 Å². The zero-order valence-corrected chi connectivity index (χ0v) is 16.0. The summed E-state index contributed by atoms with van der Waals surface area (Å²) in [6, 6.07) is 13.3. The lowest BCUT2D eigenvalue weighted by Gasteiger charge is -2.16. The molecule has 0 spiro atoms. The molecule has 4 N–H and O–H groups in total. The molecule has 2 aromatic carbocycles. The minimum absolute atomic E-state index is 0.00284. The van der Waals surface area contributed by atoms with Crippen LogP contribution in [0.15, 0.2) is 53.4 Å². The highest BCUT2D eigenvalue weighted by Gasteiger charge is 2.14. The lowest BCUT2D eigenvalue weighted by atomic mass is 9.98. The number of hydrogen-bond acceptors (Lipinski definition) is 4. The van der Waals surface area contributed by atoms with E-state index in [9.17, 15) is 13.2 Å². The molecule has 0 saturated heterocycles. The molecule has 2 atom stereocenters. The molecular weight excluding hydrogens is 350 g/mol. The van der Waals surface area contributed by atoms with E-state index in [1.54, 1.807) is 6.92 Å². The maximum absolute atomic E-state index is 12.3. The summed E-state index contributed by atoms with van der Waals surface area (Å²) < 4.78 is 22.5. The van der Waals surface area contributed by atoms with Gasteiger partial charge in [-0.2, -0.15) is 0 Å². The third-order valence-corrected chi connectivity index (χ3v) is 5.25. The van der Waals surface area contributed by atoms with Crippen LogP contribution < -0.4 is 15.8 Å². The Morgan fingerprint density at radius 2 is 1.54 bits per heavy atom. The number of nitrogens with one attached hydrogen (secondary N) is 2. The normalized spacial score (nSPS) is 13.7. The van der Waals surface area contributed by atoms with Gasteiger partial charge in [-0.1, -0.05) is 26.0 Å². The largest absolute Gasteiger partial charge is 0.374 e. The molecule has 0 bridgehead atoms. The molecule has 6 nitrogen and oxygen atoms in total. The number of benzene rings is 2. The molecule has 2 rings (SSSR count). The number of amides is 1. The second-order valence-electron chi connectivity index (χ2n) is 6.36. The van der Waals surface area contributed by atoms with Gasteiger partial charge in [-0.05, 0) is 61.2 Å². The molecule has 26 heavy (non-hydrogen) atoms. The maximum atomic E-state index is 12.3. The van der Waals surface area contributed by atoms with Gasteiger partial charge in [-0.25, -0.2) is 13.6 Å². The van der Waals surface area contributed by atoms with Crippen LogP contribution in [0.5, 0.6) is 0 Å². The lowest BCUT2D eigenvalue weighted by Crippen LogP contribution is -2.31. The molecule has 0 unspecified atom stereocenters. The van der Waals surface area contributed by atoms with Crippen molar-refractivity contribution in [1.82, 2.24) is 0 Å². The van der Waals surface area contributed by atoms with Crippen molar-refractivity contribution in [3.63, 3.8) is 0 Å². The number of carbonyl (C=O) groups excluding carboxylic acids is 1. The smallest absolute Gasteiger partial charge is 0.246 e. The number of anilines is 2. The van der Waals surface area contributed by atoms with E-state index in [1.165, 1.54) is 29.8 Å². The second kappa shape index (κ2) is 8.33. The van der Waals surface area contributed by atoms with Gasteiger partial charge in [-0.15, -0.1) is 0 Å². The third kappa shape index (κ3) is 5.31. The molecule has 0 heterocycles. The fourth-order valence-corrected chi connectivity index (χ4v) is 2.95. The number of sulfonamides is 1. The zero-order valence-electron chi connectivity index (χ0n) is 15.2. The lowest BCUT2D eigenvalue weighted by molar-refractivity contribution is -0.116. The standard InChI is InChI=1S/C19H25N3O3S/c1-4-13(2)15-5-7-16(8-6-15)21-14(3)19(23)22-17-9-11-18(12-10-17)26(20,24)25/h5-14,21H,4H2,1-3H3,(H,22,23)(H2,20,24,25)/t13-,14+/m0/s1. The van der Waals surface area contributed by atoms with Crippen molar-refractivity contribution in [2.24, 2.45) is 5.14 Å². The van der Waals surface area contributed by atoms with Crippen LogP contribution in [0.4, 0.5) is 11.4 Å². The van der Waals surface area contributed by atoms with Gasteiger partial charge in [0, 0.05) is 11.4 Å². The number of rotatable bonds is 7. The van der Waals surface area contributed by atoms with Gasteiger partial charge in [0.05, 0.1) is 4.90 Å². The number of nitrogens with two attached hydrogens (primary N) is 1. The zero-order chi connectivity index (χ0) is 19.3. The van der Waals surface area contributed by atoms with Crippen LogP contribution in [0, 0.1) is 0 Å². The highest BCUT2D eigenvalue weighted by Crippen LogP contribution is 2.21. The van der Waals surface area contributed by atoms with Crippen LogP contribution in [-0.4, -0.2) is 20.4 Å². The monoisotopic (exact) mass is 375 g/mol. The Morgan fingerprint density at radius 1 is 1.00 bits per heavy atom. The average Bonchev–Trinajstić information content (AvgIpc) is 2.61. The van der Waals surface area contributed by atoms with E-state index in [1.807, 2.05) is 12.1 Å². The highest BCUT2D eigenvalue weighted by molar-refractivity contribution is 7.89. The molecular formula is C19H25N3O3S. The summed E-state index contributed by atoms with van der Waals surface area (Å²) in [6.07, 6.45) is 1.08. The Kier molecular flexibility index (Phi) is 6.39. The molecule has 0 aromatic heterocycles. The Morgan fingerprint density at radius 3 is 2.04 bits per heavy atom. The topological polar surface area (TPSA) is 101 Å². The molecule has 0 radical (unpaired) electrons. The van der Waals surface area contributed by atoms with Gasteiger partial charge in [0.1, 0.15) is 6.04 Å². The van der Waals surface area contributed by atoms with Crippen LogP contribution >= 0.6 is 0 Å². The van der Waals surface area contributed by atoms with Gasteiger partial charge in [0.2, 0.25) is 15.9 Å². The molecule has 0 aliphatic heterocycles. The summed E-state index contributed by atoms with van der Waals surface area (Å²) in [5.41, 5.74) is 2.64. The van der Waals surface area contributed by atoms with Crippen molar-refractivity contribution < 1.29 is 13.2 Å². The van der Waals surface area contributed by atoms with E-state index in [2.05, 4.69) is 36.6 Å². The van der Waals surface area contributed by atoms with Crippen LogP contribution in [0.2, 0.25) is 0 Å². The fourth-order valence-electron chi connectivity index (χ4n) is 2.44. The molecule has 0 saturated carbocycles. The van der Waals surface area contributed by atoms with E-state index in [0.29, 0.717) is 11.6 Å². The third-order valence-electron chi connectivity index (χ3n) is 4.32. The van der Waals surface area contributed by atoms with Crippen molar-refractivity contribution in [2.75, 3.05) is 10.6 Å². The summed E-state index contributed by atoms with van der Waals surface area (Å²) in [5, 5.41) is 11.0. The summed E-state index contributed by atoms with van der Waals surface area (Å²) in [4.78, 5) is 12.3. The number of primary sulfonamides is 1. The molecule has 0 fully saturated rings. The Bertz CT molecular complexity index is 847. The predicted molar refractivity (Wildman–Crippen MR) is 105 cm³/mol. The second-order valence-corrected chi connectivity index (χ2v) is 7.92. The first-order valence-corrected chi connectivity index (χ1v) is 10.1. The highest BCUT2D eigenvalue weighted by atomic mass is 32.2. The minimum atomic E-state index is -3.74. The number of hydrogen-bond donors (Lipinski definition) is 3. The summed E-state index contributed by atoms with van der Waals surface area (Å²) in [5.74, 6) is 0.282. The maximum Gasteiger partial charge on any atom is 0.246 e. The molecule has 140 valence electrons. The van der Waals surface area contributed by atoms with Gasteiger partial charge in [0.15, 0.2) is 0 Å². The van der Waals surface area contributed by atoms with Crippen molar-refractivity contribution >= 4 is 27.3 Å². The first kappa shape index (κ1) is 19.9. The van der Waals surface area contributed by atoms with E-state index < -0.39 is 16.1 Å². The first-order chi connectivity index (χ1) is 12.2. The van der Waals surface area contributed by atoms with Gasteiger partial charge in [-0.3, -0.25) is 4.79 Å². The summed E-state index contributed by atoms with van der Waals surface area (Å²) in [6.45, 7) is 6.09. The minimum Gasteiger partial charge on any atom is -0.374 e. The van der Waals surface area contributed by atoms with E-state index >= 15 is 0 Å². The predicted octanol–water partition coefficient (Wildman–Crippen LogP) is 3.29. The first-order valence-electron chi connectivity index (χ1n) is 8.51. The molecule has 7 heteroatoms. The van der Waals surface area contributed by atoms with Crippen molar-refractivity contribution in [1.29, 1.82) is 0 Å².